The van der Waals surface area contributed by atoms with Crippen LogP contribution < -0.4 is 5.43 Å². The summed E-state index contributed by atoms with van der Waals surface area (Å²) >= 11 is 5.87. The van der Waals surface area contributed by atoms with Gasteiger partial charge in [-0.15, -0.1) is 0 Å². The number of aromatic amines is 1. The normalized spacial score (nSPS) is 11.2. The second kappa shape index (κ2) is 5.99. The maximum Gasteiger partial charge on any atom is 0.273 e. The molecule has 110 valence electrons. The van der Waals surface area contributed by atoms with Crippen molar-refractivity contribution in [1.29, 1.82) is 0 Å². The van der Waals surface area contributed by atoms with Crippen molar-refractivity contribution in [1.82, 2.24) is 10.4 Å². The molecule has 1 aromatic heterocycles. The highest BCUT2D eigenvalue weighted by Gasteiger charge is 2.10. The second-order valence-electron chi connectivity index (χ2n) is 4.58. The lowest BCUT2D eigenvalue weighted by Crippen LogP contribution is -2.17. The van der Waals surface area contributed by atoms with Gasteiger partial charge in [0, 0.05) is 22.7 Å². The summed E-state index contributed by atoms with van der Waals surface area (Å²) in [6.07, 6.45) is 2.79. The summed E-state index contributed by atoms with van der Waals surface area (Å²) in [4.78, 5) is 15.1. The van der Waals surface area contributed by atoms with E-state index in [0.29, 0.717) is 5.56 Å². The summed E-state index contributed by atoms with van der Waals surface area (Å²) < 4.78 is 13.6. The number of para-hydroxylation sites is 1. The van der Waals surface area contributed by atoms with Crippen LogP contribution >= 0.6 is 11.6 Å². The van der Waals surface area contributed by atoms with Gasteiger partial charge in [-0.1, -0.05) is 35.9 Å². The summed E-state index contributed by atoms with van der Waals surface area (Å²) in [7, 11) is 0. The molecule has 3 aromatic rings. The standard InChI is InChI=1S/C16H11ClFN3O/c17-13-5-3-6-14(18)12(13)9-20-21-16(22)11-8-19-15-7-2-1-4-10(11)15/h1-9,19H,(H,21,22)/b20-9+. The van der Waals surface area contributed by atoms with Gasteiger partial charge >= 0.3 is 0 Å². The predicted octanol–water partition coefficient (Wildman–Crippen LogP) is 3.72. The molecule has 2 aromatic carbocycles. The highest BCUT2D eigenvalue weighted by molar-refractivity contribution is 6.33. The van der Waals surface area contributed by atoms with E-state index in [1.807, 2.05) is 24.3 Å². The third kappa shape index (κ3) is 2.71. The summed E-state index contributed by atoms with van der Waals surface area (Å²) in [6, 6.07) is 11.7. The van der Waals surface area contributed by atoms with Crippen LogP contribution in [0.25, 0.3) is 10.9 Å². The molecule has 0 aliphatic rings. The number of carbonyl (C=O) groups excluding carboxylic acids is 1. The van der Waals surface area contributed by atoms with Gasteiger partial charge in [0.1, 0.15) is 5.82 Å². The van der Waals surface area contributed by atoms with Crippen molar-refractivity contribution < 1.29 is 9.18 Å². The predicted molar refractivity (Wildman–Crippen MR) is 84.8 cm³/mol. The summed E-state index contributed by atoms with van der Waals surface area (Å²) in [5.74, 6) is -0.890. The Morgan fingerprint density at radius 2 is 2.05 bits per heavy atom. The van der Waals surface area contributed by atoms with E-state index in [1.54, 1.807) is 12.3 Å². The zero-order valence-corrected chi connectivity index (χ0v) is 12.1. The molecular weight excluding hydrogens is 305 g/mol. The smallest absolute Gasteiger partial charge is 0.273 e. The fourth-order valence-corrected chi connectivity index (χ4v) is 2.32. The van der Waals surface area contributed by atoms with E-state index in [0.717, 1.165) is 10.9 Å². The Balaban J connectivity index is 1.79. The number of aromatic nitrogens is 1. The number of rotatable bonds is 3. The molecule has 1 heterocycles. The van der Waals surface area contributed by atoms with Crippen LogP contribution in [0.3, 0.4) is 0 Å². The van der Waals surface area contributed by atoms with Gasteiger partial charge < -0.3 is 4.98 Å². The van der Waals surface area contributed by atoms with Gasteiger partial charge in [-0.25, -0.2) is 9.82 Å². The average molecular weight is 316 g/mol. The van der Waals surface area contributed by atoms with Crippen LogP contribution in [0.4, 0.5) is 4.39 Å². The molecule has 0 bridgehead atoms. The lowest BCUT2D eigenvalue weighted by Gasteiger charge is -2.00. The summed E-state index contributed by atoms with van der Waals surface area (Å²) in [5.41, 5.74) is 3.81. The minimum atomic E-state index is -0.502. The van der Waals surface area contributed by atoms with Crippen molar-refractivity contribution in [3.8, 4) is 0 Å². The Kier molecular flexibility index (Phi) is 3.89. The van der Waals surface area contributed by atoms with Crippen molar-refractivity contribution in [2.75, 3.05) is 0 Å². The molecule has 0 saturated heterocycles. The van der Waals surface area contributed by atoms with Gasteiger partial charge in [-0.3, -0.25) is 4.79 Å². The first-order chi connectivity index (χ1) is 10.7. The van der Waals surface area contributed by atoms with Crippen LogP contribution in [0.5, 0.6) is 0 Å². The lowest BCUT2D eigenvalue weighted by atomic mass is 10.2. The molecule has 4 nitrogen and oxygen atoms in total. The first kappa shape index (κ1) is 14.3. The van der Waals surface area contributed by atoms with Gasteiger partial charge in [0.25, 0.3) is 5.91 Å². The molecule has 0 unspecified atom stereocenters. The van der Waals surface area contributed by atoms with E-state index >= 15 is 0 Å². The van der Waals surface area contributed by atoms with Crippen molar-refractivity contribution in [2.45, 2.75) is 0 Å². The van der Waals surface area contributed by atoms with Crippen LogP contribution in [-0.2, 0) is 0 Å². The first-order valence-electron chi connectivity index (χ1n) is 6.50. The van der Waals surface area contributed by atoms with E-state index < -0.39 is 5.82 Å². The maximum absolute atomic E-state index is 13.6. The number of hydrogen-bond donors (Lipinski definition) is 2. The molecule has 0 atom stereocenters. The topological polar surface area (TPSA) is 57.2 Å². The molecule has 0 spiro atoms. The number of hydrazone groups is 1. The maximum atomic E-state index is 13.6. The Labute approximate surface area is 130 Å². The fourth-order valence-electron chi connectivity index (χ4n) is 2.11. The van der Waals surface area contributed by atoms with Gasteiger partial charge in [0.2, 0.25) is 0 Å². The van der Waals surface area contributed by atoms with Gasteiger partial charge in [0.15, 0.2) is 0 Å². The molecule has 3 rings (SSSR count). The summed E-state index contributed by atoms with van der Waals surface area (Å²) in [5, 5.41) is 4.78. The molecule has 6 heteroatoms. The fraction of sp³-hybridized carbons (Fsp3) is 0. The van der Waals surface area contributed by atoms with Crippen molar-refractivity contribution in [3.63, 3.8) is 0 Å². The third-order valence-electron chi connectivity index (χ3n) is 3.19. The zero-order valence-electron chi connectivity index (χ0n) is 11.3. The Bertz CT molecular complexity index is 852. The minimum Gasteiger partial charge on any atom is -0.360 e. The second-order valence-corrected chi connectivity index (χ2v) is 4.99. The molecule has 1 amide bonds. The van der Waals surface area contributed by atoms with Crippen LogP contribution in [0.1, 0.15) is 15.9 Å². The Hall–Kier alpha value is -2.66. The van der Waals surface area contributed by atoms with E-state index in [1.165, 1.54) is 18.3 Å². The molecule has 0 saturated carbocycles. The van der Waals surface area contributed by atoms with Crippen LogP contribution in [-0.4, -0.2) is 17.1 Å². The molecule has 0 aliphatic heterocycles. The highest BCUT2D eigenvalue weighted by Crippen LogP contribution is 2.18. The van der Waals surface area contributed by atoms with Crippen LogP contribution in [0.15, 0.2) is 53.8 Å². The van der Waals surface area contributed by atoms with Gasteiger partial charge in [0.05, 0.1) is 16.8 Å². The van der Waals surface area contributed by atoms with Gasteiger partial charge in [-0.2, -0.15) is 5.10 Å². The van der Waals surface area contributed by atoms with E-state index in [2.05, 4.69) is 15.5 Å². The van der Waals surface area contributed by atoms with Crippen molar-refractivity contribution in [3.05, 3.63) is 70.6 Å². The monoisotopic (exact) mass is 315 g/mol. The SMILES string of the molecule is O=C(N/N=C/c1c(F)cccc1Cl)c1c[nH]c2ccccc12. The molecule has 0 fully saturated rings. The van der Waals surface area contributed by atoms with E-state index in [4.69, 9.17) is 11.6 Å². The number of amides is 1. The third-order valence-corrected chi connectivity index (χ3v) is 3.52. The van der Waals surface area contributed by atoms with E-state index in [9.17, 15) is 9.18 Å². The average Bonchev–Trinajstić information content (AvgIpc) is 2.94. The number of nitrogens with zero attached hydrogens (tertiary/aromatic N) is 1. The molecule has 0 aliphatic carbocycles. The molecule has 22 heavy (non-hydrogen) atoms. The summed E-state index contributed by atoms with van der Waals surface area (Å²) in [6.45, 7) is 0. The first-order valence-corrected chi connectivity index (χ1v) is 6.88. The zero-order chi connectivity index (χ0) is 15.5. The molecule has 0 radical (unpaired) electrons. The van der Waals surface area contributed by atoms with Crippen molar-refractivity contribution >= 4 is 34.6 Å². The van der Waals surface area contributed by atoms with E-state index in [-0.39, 0.29) is 16.5 Å². The Morgan fingerprint density at radius 1 is 1.23 bits per heavy atom. The Morgan fingerprint density at radius 3 is 2.86 bits per heavy atom. The number of carbonyl (C=O) groups is 1. The number of nitrogens with one attached hydrogen (secondary N) is 2. The van der Waals surface area contributed by atoms with Crippen molar-refractivity contribution in [2.24, 2.45) is 5.10 Å². The number of fused-ring (bicyclic) bond motifs is 1. The largest absolute Gasteiger partial charge is 0.360 e. The number of benzene rings is 2. The number of H-pyrrole nitrogens is 1. The minimum absolute atomic E-state index is 0.128. The number of halogens is 2. The molecule has 2 N–H and O–H groups in total. The van der Waals surface area contributed by atoms with Gasteiger partial charge in [-0.05, 0) is 18.2 Å². The molecular formula is C16H11ClFN3O. The number of hydrogen-bond acceptors (Lipinski definition) is 2. The highest BCUT2D eigenvalue weighted by atomic mass is 35.5. The lowest BCUT2D eigenvalue weighted by molar-refractivity contribution is 0.0957. The van der Waals surface area contributed by atoms with Crippen LogP contribution in [0, 0.1) is 5.82 Å². The van der Waals surface area contributed by atoms with Crippen LogP contribution in [0.2, 0.25) is 5.02 Å². The quantitative estimate of drug-likeness (QED) is 0.561.